The normalized spacial score (nSPS) is 10.8. The summed E-state index contributed by atoms with van der Waals surface area (Å²) >= 11 is 2.95. The molecule has 1 amide bonds. The molecule has 5 nitrogen and oxygen atoms in total. The fourth-order valence-corrected chi connectivity index (χ4v) is 3.63. The van der Waals surface area contributed by atoms with E-state index in [1.807, 2.05) is 35.7 Å². The lowest BCUT2D eigenvalue weighted by molar-refractivity contribution is -0.115. The lowest BCUT2D eigenvalue weighted by atomic mass is 10.1. The molecule has 0 radical (unpaired) electrons. The molecule has 0 aliphatic rings. The van der Waals surface area contributed by atoms with Crippen molar-refractivity contribution in [3.8, 4) is 10.7 Å². The van der Waals surface area contributed by atoms with Gasteiger partial charge in [0.1, 0.15) is 0 Å². The molecule has 0 aliphatic carbocycles. The van der Waals surface area contributed by atoms with E-state index in [1.165, 1.54) is 17.3 Å². The molecule has 0 saturated heterocycles. The Morgan fingerprint density at radius 1 is 1.17 bits per heavy atom. The van der Waals surface area contributed by atoms with E-state index in [9.17, 15) is 4.79 Å². The van der Waals surface area contributed by atoms with E-state index < -0.39 is 0 Å². The zero-order valence-electron chi connectivity index (χ0n) is 12.4. The Bertz CT molecular complexity index is 769. The summed E-state index contributed by atoms with van der Waals surface area (Å²) in [7, 11) is 0. The highest BCUT2D eigenvalue weighted by atomic mass is 32.2. The Labute approximate surface area is 142 Å². The van der Waals surface area contributed by atoms with Crippen molar-refractivity contribution in [2.24, 2.45) is 5.73 Å². The van der Waals surface area contributed by atoms with Crippen LogP contribution in [0.5, 0.6) is 0 Å². The summed E-state index contributed by atoms with van der Waals surface area (Å²) in [5.74, 6) is 0.682. The molecular formula is C16H16N4OS2. The van der Waals surface area contributed by atoms with Crippen molar-refractivity contribution in [2.75, 3.05) is 5.75 Å². The van der Waals surface area contributed by atoms with Crippen LogP contribution in [-0.4, -0.2) is 26.4 Å². The Morgan fingerprint density at radius 3 is 2.70 bits per heavy atom. The summed E-state index contributed by atoms with van der Waals surface area (Å²) in [6.07, 6.45) is 0.876. The van der Waals surface area contributed by atoms with E-state index >= 15 is 0 Å². The van der Waals surface area contributed by atoms with Gasteiger partial charge in [0.15, 0.2) is 11.0 Å². The number of amides is 1. The van der Waals surface area contributed by atoms with Crippen molar-refractivity contribution in [3.63, 3.8) is 0 Å². The van der Waals surface area contributed by atoms with Crippen molar-refractivity contribution in [3.05, 3.63) is 53.4 Å². The molecule has 2 aromatic heterocycles. The van der Waals surface area contributed by atoms with Gasteiger partial charge in [-0.3, -0.25) is 4.79 Å². The largest absolute Gasteiger partial charge is 0.369 e. The Morgan fingerprint density at radius 2 is 2.00 bits per heavy atom. The van der Waals surface area contributed by atoms with Crippen LogP contribution in [0.3, 0.4) is 0 Å². The average Bonchev–Trinajstić information content (AvgIpc) is 3.21. The predicted molar refractivity (Wildman–Crippen MR) is 93.4 cm³/mol. The molecule has 7 heteroatoms. The smallest absolute Gasteiger partial charge is 0.227 e. The summed E-state index contributed by atoms with van der Waals surface area (Å²) < 4.78 is 2.06. The van der Waals surface area contributed by atoms with Gasteiger partial charge in [-0.1, -0.05) is 48.2 Å². The molecule has 2 heterocycles. The van der Waals surface area contributed by atoms with Gasteiger partial charge in [0.25, 0.3) is 0 Å². The molecule has 0 unspecified atom stereocenters. The molecule has 0 bridgehead atoms. The van der Waals surface area contributed by atoms with E-state index in [2.05, 4.69) is 26.9 Å². The quantitative estimate of drug-likeness (QED) is 0.669. The number of hydrogen-bond donors (Lipinski definition) is 1. The summed E-state index contributed by atoms with van der Waals surface area (Å²) in [5.41, 5.74) is 6.50. The van der Waals surface area contributed by atoms with Crippen molar-refractivity contribution in [2.45, 2.75) is 18.1 Å². The Hall–Kier alpha value is -2.12. The van der Waals surface area contributed by atoms with Gasteiger partial charge in [0.05, 0.1) is 10.6 Å². The zero-order chi connectivity index (χ0) is 16.1. The van der Waals surface area contributed by atoms with Gasteiger partial charge >= 0.3 is 0 Å². The van der Waals surface area contributed by atoms with Gasteiger partial charge in [0.2, 0.25) is 5.91 Å². The van der Waals surface area contributed by atoms with Crippen molar-refractivity contribution in [1.29, 1.82) is 0 Å². The van der Waals surface area contributed by atoms with Crippen LogP contribution in [0.4, 0.5) is 0 Å². The number of nitrogens with two attached hydrogens (primary N) is 1. The van der Waals surface area contributed by atoms with Gasteiger partial charge in [-0.25, -0.2) is 0 Å². The predicted octanol–water partition coefficient (Wildman–Crippen LogP) is 2.83. The monoisotopic (exact) mass is 344 g/mol. The highest BCUT2D eigenvalue weighted by Crippen LogP contribution is 2.27. The Balaban J connectivity index is 1.84. The maximum atomic E-state index is 11.0. The summed E-state index contributed by atoms with van der Waals surface area (Å²) in [6.45, 7) is 0.755. The van der Waals surface area contributed by atoms with Crippen LogP contribution in [0.2, 0.25) is 0 Å². The van der Waals surface area contributed by atoms with Gasteiger partial charge in [-0.05, 0) is 23.4 Å². The highest BCUT2D eigenvalue weighted by Gasteiger charge is 2.15. The number of hydrogen-bond acceptors (Lipinski definition) is 5. The van der Waals surface area contributed by atoms with E-state index in [0.717, 1.165) is 28.8 Å². The summed E-state index contributed by atoms with van der Waals surface area (Å²) in [5, 5.41) is 11.3. The topological polar surface area (TPSA) is 73.8 Å². The summed E-state index contributed by atoms with van der Waals surface area (Å²) in [4.78, 5) is 12.1. The standard InChI is InChI=1S/C16H16N4OS2/c17-14(21)11-23-16-19-18-15(13-7-4-10-22-13)20(16)9-8-12-5-2-1-3-6-12/h1-7,10H,8-9,11H2,(H2,17,21). The number of aryl methyl sites for hydroxylation is 1. The number of carbonyl (C=O) groups is 1. The number of nitrogens with zero attached hydrogens (tertiary/aromatic N) is 3. The van der Waals surface area contributed by atoms with E-state index in [0.29, 0.717) is 0 Å². The molecule has 0 saturated carbocycles. The number of thiophene rings is 1. The molecular weight excluding hydrogens is 328 g/mol. The second-order valence-electron chi connectivity index (χ2n) is 4.93. The Kier molecular flexibility index (Phi) is 5.09. The molecule has 2 N–H and O–H groups in total. The number of thioether (sulfide) groups is 1. The van der Waals surface area contributed by atoms with Crippen LogP contribution in [0.25, 0.3) is 10.7 Å². The van der Waals surface area contributed by atoms with Crippen molar-refractivity contribution < 1.29 is 4.79 Å². The molecule has 118 valence electrons. The number of carbonyl (C=O) groups excluding carboxylic acids is 1. The lowest BCUT2D eigenvalue weighted by Gasteiger charge is -2.09. The van der Waals surface area contributed by atoms with E-state index in [4.69, 9.17) is 5.73 Å². The van der Waals surface area contributed by atoms with Gasteiger partial charge in [0, 0.05) is 6.54 Å². The first kappa shape index (κ1) is 15.8. The highest BCUT2D eigenvalue weighted by molar-refractivity contribution is 7.99. The zero-order valence-corrected chi connectivity index (χ0v) is 14.0. The molecule has 0 fully saturated rings. The summed E-state index contributed by atoms with van der Waals surface area (Å²) in [6, 6.07) is 14.3. The fraction of sp³-hybridized carbons (Fsp3) is 0.188. The van der Waals surface area contributed by atoms with Crippen molar-refractivity contribution in [1.82, 2.24) is 14.8 Å². The minimum absolute atomic E-state index is 0.202. The molecule has 0 aliphatic heterocycles. The van der Waals surface area contributed by atoms with Gasteiger partial charge in [-0.2, -0.15) is 0 Å². The lowest BCUT2D eigenvalue weighted by Crippen LogP contribution is -2.14. The first-order chi connectivity index (χ1) is 11.2. The maximum absolute atomic E-state index is 11.0. The molecule has 23 heavy (non-hydrogen) atoms. The second-order valence-corrected chi connectivity index (χ2v) is 6.82. The van der Waals surface area contributed by atoms with E-state index in [1.54, 1.807) is 11.3 Å². The van der Waals surface area contributed by atoms with E-state index in [-0.39, 0.29) is 11.7 Å². The minimum atomic E-state index is -0.356. The number of rotatable bonds is 7. The third kappa shape index (κ3) is 4.00. The third-order valence-electron chi connectivity index (χ3n) is 3.27. The first-order valence-electron chi connectivity index (χ1n) is 7.16. The SMILES string of the molecule is NC(=O)CSc1nnc(-c2cccs2)n1CCc1ccccc1. The molecule has 3 aromatic rings. The number of benzene rings is 1. The molecule has 3 rings (SSSR count). The molecule has 1 aromatic carbocycles. The van der Waals surface area contributed by atoms with Crippen LogP contribution < -0.4 is 5.73 Å². The van der Waals surface area contributed by atoms with Gasteiger partial charge in [-0.15, -0.1) is 21.5 Å². The van der Waals surface area contributed by atoms with Crippen LogP contribution in [0.15, 0.2) is 53.0 Å². The van der Waals surface area contributed by atoms with Gasteiger partial charge < -0.3 is 10.3 Å². The molecule has 0 atom stereocenters. The van der Waals surface area contributed by atoms with Crippen LogP contribution in [-0.2, 0) is 17.8 Å². The van der Waals surface area contributed by atoms with Crippen LogP contribution in [0.1, 0.15) is 5.56 Å². The number of primary amides is 1. The fourth-order valence-electron chi connectivity index (χ4n) is 2.21. The average molecular weight is 344 g/mol. The number of aromatic nitrogens is 3. The maximum Gasteiger partial charge on any atom is 0.227 e. The van der Waals surface area contributed by atoms with Crippen LogP contribution in [0, 0.1) is 0 Å². The second kappa shape index (κ2) is 7.43. The van der Waals surface area contributed by atoms with Crippen molar-refractivity contribution >= 4 is 29.0 Å². The third-order valence-corrected chi connectivity index (χ3v) is 5.12. The van der Waals surface area contributed by atoms with Crippen LogP contribution >= 0.6 is 23.1 Å². The molecule has 0 spiro atoms. The first-order valence-corrected chi connectivity index (χ1v) is 9.02. The minimum Gasteiger partial charge on any atom is -0.369 e.